The number of methoxy groups -OCH3 is 1. The summed E-state index contributed by atoms with van der Waals surface area (Å²) in [4.78, 5) is 16.2. The van der Waals surface area contributed by atoms with E-state index in [0.29, 0.717) is 25.5 Å². The lowest BCUT2D eigenvalue weighted by atomic mass is 10.1. The van der Waals surface area contributed by atoms with E-state index in [2.05, 4.69) is 10.3 Å². The number of hydrogen-bond donors (Lipinski definition) is 1. The zero-order valence-electron chi connectivity index (χ0n) is 18.5. The molecule has 0 aliphatic rings. The molecule has 3 aromatic carbocycles. The van der Waals surface area contributed by atoms with E-state index in [4.69, 9.17) is 14.2 Å². The summed E-state index contributed by atoms with van der Waals surface area (Å²) in [5.41, 5.74) is 1.36. The highest BCUT2D eigenvalue weighted by Crippen LogP contribution is 2.25. The summed E-state index contributed by atoms with van der Waals surface area (Å²) in [5.74, 6) is 2.23. The molecule has 0 radical (unpaired) electrons. The number of fused-ring (bicyclic) bond motifs is 1. The van der Waals surface area contributed by atoms with Gasteiger partial charge in [-0.05, 0) is 64.9 Å². The van der Waals surface area contributed by atoms with Crippen LogP contribution >= 0.6 is 0 Å². The number of nitrogens with zero attached hydrogens (tertiary/aromatic N) is 1. The zero-order valence-corrected chi connectivity index (χ0v) is 18.5. The average Bonchev–Trinajstić information content (AvgIpc) is 2.87. The second kappa shape index (κ2) is 11.0. The molecule has 6 heteroatoms. The van der Waals surface area contributed by atoms with Crippen LogP contribution < -0.4 is 19.5 Å². The fourth-order valence-corrected chi connectivity index (χ4v) is 3.37. The third-order valence-electron chi connectivity index (χ3n) is 5.09. The van der Waals surface area contributed by atoms with Crippen molar-refractivity contribution in [2.45, 2.75) is 13.0 Å². The van der Waals surface area contributed by atoms with Crippen LogP contribution in [0.1, 0.15) is 22.5 Å². The highest BCUT2D eigenvalue weighted by Gasteiger charge is 2.06. The van der Waals surface area contributed by atoms with Gasteiger partial charge in [0.15, 0.2) is 0 Å². The van der Waals surface area contributed by atoms with Crippen molar-refractivity contribution in [3.05, 3.63) is 96.3 Å². The van der Waals surface area contributed by atoms with Gasteiger partial charge in [0.2, 0.25) is 0 Å². The molecule has 0 bridgehead atoms. The molecule has 0 aliphatic heterocycles. The number of benzene rings is 3. The van der Waals surface area contributed by atoms with Crippen LogP contribution in [0.3, 0.4) is 0 Å². The van der Waals surface area contributed by atoms with Crippen molar-refractivity contribution in [3.63, 3.8) is 0 Å². The number of ether oxygens (including phenoxy) is 3. The van der Waals surface area contributed by atoms with Crippen LogP contribution in [-0.2, 0) is 6.54 Å². The van der Waals surface area contributed by atoms with E-state index in [-0.39, 0.29) is 5.91 Å². The Labute approximate surface area is 193 Å². The van der Waals surface area contributed by atoms with E-state index in [0.717, 1.165) is 40.0 Å². The minimum atomic E-state index is -0.202. The van der Waals surface area contributed by atoms with Gasteiger partial charge in [0.05, 0.1) is 20.3 Å². The maximum Gasteiger partial charge on any atom is 0.270 e. The monoisotopic (exact) mass is 442 g/mol. The molecular formula is C27H26N2O4. The van der Waals surface area contributed by atoms with Gasteiger partial charge in [-0.3, -0.25) is 9.78 Å². The van der Waals surface area contributed by atoms with Crippen molar-refractivity contribution in [1.82, 2.24) is 10.3 Å². The first-order chi connectivity index (χ1) is 16.2. The quantitative estimate of drug-likeness (QED) is 0.349. The molecule has 0 aliphatic carbocycles. The molecule has 6 nitrogen and oxygen atoms in total. The third kappa shape index (κ3) is 6.23. The summed E-state index contributed by atoms with van der Waals surface area (Å²) < 4.78 is 17.0. The van der Waals surface area contributed by atoms with Gasteiger partial charge in [-0.15, -0.1) is 0 Å². The molecule has 4 aromatic rings. The van der Waals surface area contributed by atoms with Crippen LogP contribution in [0.5, 0.6) is 17.2 Å². The molecule has 0 spiro atoms. The van der Waals surface area contributed by atoms with E-state index < -0.39 is 0 Å². The number of nitrogens with one attached hydrogen (secondary N) is 1. The van der Waals surface area contributed by atoms with Gasteiger partial charge in [-0.2, -0.15) is 0 Å². The lowest BCUT2D eigenvalue weighted by Crippen LogP contribution is -2.23. The first kappa shape index (κ1) is 22.1. The molecule has 0 saturated carbocycles. The topological polar surface area (TPSA) is 69.7 Å². The highest BCUT2D eigenvalue weighted by molar-refractivity contribution is 5.92. The minimum Gasteiger partial charge on any atom is -0.497 e. The molecule has 0 saturated heterocycles. The van der Waals surface area contributed by atoms with Crippen LogP contribution in [0, 0.1) is 0 Å². The molecule has 4 rings (SSSR count). The van der Waals surface area contributed by atoms with Crippen molar-refractivity contribution in [3.8, 4) is 17.2 Å². The Hall–Kier alpha value is -4.06. The van der Waals surface area contributed by atoms with E-state index in [1.807, 2.05) is 60.7 Å². The smallest absolute Gasteiger partial charge is 0.270 e. The number of amides is 1. The van der Waals surface area contributed by atoms with Crippen LogP contribution in [0.15, 0.2) is 85.1 Å². The Bertz CT molecular complexity index is 1210. The lowest BCUT2D eigenvalue weighted by Gasteiger charge is -2.10. The van der Waals surface area contributed by atoms with Crippen molar-refractivity contribution < 1.29 is 19.0 Å². The molecule has 1 amide bonds. The Balaban J connectivity index is 1.21. The summed E-state index contributed by atoms with van der Waals surface area (Å²) in [7, 11) is 1.67. The minimum absolute atomic E-state index is 0.202. The fraction of sp³-hybridized carbons (Fsp3) is 0.185. The molecular weight excluding hydrogens is 416 g/mol. The zero-order chi connectivity index (χ0) is 22.9. The SMILES string of the molecule is COc1ccc2cc(OCCCOc3cccc(CNC(=O)c4ccccn4)c3)ccc2c1. The number of rotatable bonds is 10. The summed E-state index contributed by atoms with van der Waals surface area (Å²) in [6.07, 6.45) is 2.35. The predicted octanol–water partition coefficient (Wildman–Crippen LogP) is 5.02. The van der Waals surface area contributed by atoms with Crippen molar-refractivity contribution in [2.75, 3.05) is 20.3 Å². The molecule has 0 atom stereocenters. The van der Waals surface area contributed by atoms with Gasteiger partial charge in [-0.1, -0.05) is 30.3 Å². The number of hydrogen-bond acceptors (Lipinski definition) is 5. The second-order valence-electron chi connectivity index (χ2n) is 7.47. The number of carbonyl (C=O) groups excluding carboxylic acids is 1. The summed E-state index contributed by atoms with van der Waals surface area (Å²) in [5, 5.41) is 5.09. The molecule has 0 fully saturated rings. The van der Waals surface area contributed by atoms with E-state index in [9.17, 15) is 4.79 Å². The molecule has 0 unspecified atom stereocenters. The van der Waals surface area contributed by atoms with Gasteiger partial charge in [-0.25, -0.2) is 0 Å². The number of aromatic nitrogens is 1. The summed E-state index contributed by atoms with van der Waals surface area (Å²) in [6, 6.07) is 24.9. The largest absolute Gasteiger partial charge is 0.497 e. The number of pyridine rings is 1. The van der Waals surface area contributed by atoms with Gasteiger partial charge in [0.1, 0.15) is 22.9 Å². The number of carbonyl (C=O) groups is 1. The van der Waals surface area contributed by atoms with Gasteiger partial charge < -0.3 is 19.5 Å². The molecule has 168 valence electrons. The fourth-order valence-electron chi connectivity index (χ4n) is 3.37. The van der Waals surface area contributed by atoms with Gasteiger partial charge >= 0.3 is 0 Å². The Morgan fingerprint density at radius 2 is 1.55 bits per heavy atom. The maximum atomic E-state index is 12.1. The van der Waals surface area contributed by atoms with E-state index in [1.165, 1.54) is 0 Å². The lowest BCUT2D eigenvalue weighted by molar-refractivity contribution is 0.0946. The third-order valence-corrected chi connectivity index (χ3v) is 5.09. The molecule has 33 heavy (non-hydrogen) atoms. The van der Waals surface area contributed by atoms with Crippen molar-refractivity contribution >= 4 is 16.7 Å². The standard InChI is InChI=1S/C27H26N2O4/c1-31-23-11-9-22-18-25(12-10-21(22)17-23)33-15-5-14-32-24-7-4-6-20(16-24)19-29-27(30)26-8-2-3-13-28-26/h2-4,6-13,16-18H,5,14-15,19H2,1H3,(H,29,30). The first-order valence-corrected chi connectivity index (χ1v) is 10.8. The Morgan fingerprint density at radius 3 is 2.27 bits per heavy atom. The maximum absolute atomic E-state index is 12.1. The molecule has 1 heterocycles. The van der Waals surface area contributed by atoms with Gasteiger partial charge in [0, 0.05) is 19.2 Å². The predicted molar refractivity (Wildman–Crippen MR) is 128 cm³/mol. The second-order valence-corrected chi connectivity index (χ2v) is 7.47. The van der Waals surface area contributed by atoms with Crippen molar-refractivity contribution in [1.29, 1.82) is 0 Å². The molecule has 1 aromatic heterocycles. The Morgan fingerprint density at radius 1 is 0.818 bits per heavy atom. The normalized spacial score (nSPS) is 10.6. The molecule has 1 N–H and O–H groups in total. The van der Waals surface area contributed by atoms with Gasteiger partial charge in [0.25, 0.3) is 5.91 Å². The first-order valence-electron chi connectivity index (χ1n) is 10.8. The van der Waals surface area contributed by atoms with E-state index >= 15 is 0 Å². The Kier molecular flexibility index (Phi) is 7.38. The highest BCUT2D eigenvalue weighted by atomic mass is 16.5. The van der Waals surface area contributed by atoms with Crippen LogP contribution in [0.2, 0.25) is 0 Å². The van der Waals surface area contributed by atoms with Crippen LogP contribution in [-0.4, -0.2) is 31.2 Å². The van der Waals surface area contributed by atoms with Crippen LogP contribution in [0.25, 0.3) is 10.8 Å². The average molecular weight is 443 g/mol. The summed E-state index contributed by atoms with van der Waals surface area (Å²) >= 11 is 0. The van der Waals surface area contributed by atoms with E-state index in [1.54, 1.807) is 31.5 Å². The summed E-state index contributed by atoms with van der Waals surface area (Å²) in [6.45, 7) is 1.50. The van der Waals surface area contributed by atoms with Crippen LogP contribution in [0.4, 0.5) is 0 Å². The van der Waals surface area contributed by atoms with Crippen molar-refractivity contribution in [2.24, 2.45) is 0 Å².